The Morgan fingerprint density at radius 3 is 2.54 bits per heavy atom. The minimum Gasteiger partial charge on any atom is -0.390 e. The van der Waals surface area contributed by atoms with Crippen LogP contribution in [0.1, 0.15) is 61.6 Å². The molecule has 1 aliphatic heterocycles. The zero-order valence-electron chi connectivity index (χ0n) is 15.1. The van der Waals surface area contributed by atoms with E-state index in [9.17, 15) is 9.90 Å². The average Bonchev–Trinajstić information content (AvgIpc) is 2.87. The fourth-order valence-electron chi connectivity index (χ4n) is 5.40. The van der Waals surface area contributed by atoms with Crippen molar-refractivity contribution in [3.63, 3.8) is 0 Å². The number of aliphatic hydroxyl groups is 1. The van der Waals surface area contributed by atoms with Crippen molar-refractivity contribution in [1.29, 1.82) is 0 Å². The third kappa shape index (κ3) is 2.67. The van der Waals surface area contributed by atoms with Gasteiger partial charge in [-0.2, -0.15) is 0 Å². The average molecular weight is 327 g/mol. The van der Waals surface area contributed by atoms with Crippen molar-refractivity contribution in [3.8, 4) is 0 Å². The predicted molar refractivity (Wildman–Crippen MR) is 94.9 cm³/mol. The van der Waals surface area contributed by atoms with Gasteiger partial charge < -0.3 is 10.0 Å². The Morgan fingerprint density at radius 1 is 1.21 bits per heavy atom. The van der Waals surface area contributed by atoms with Crippen LogP contribution in [0, 0.1) is 25.2 Å². The first-order chi connectivity index (χ1) is 11.3. The molecule has 0 radical (unpaired) electrons. The molecule has 0 aromatic heterocycles. The number of benzene rings is 1. The number of hydrogen-bond acceptors (Lipinski definition) is 2. The van der Waals surface area contributed by atoms with Gasteiger partial charge in [-0.05, 0) is 69.9 Å². The third-order valence-electron chi connectivity index (χ3n) is 6.65. The van der Waals surface area contributed by atoms with Gasteiger partial charge in [-0.15, -0.1) is 0 Å². The highest BCUT2D eigenvalue weighted by Gasteiger charge is 2.53. The number of likely N-dealkylation sites (tertiary alicyclic amines) is 1. The van der Waals surface area contributed by atoms with Gasteiger partial charge in [-0.25, -0.2) is 0 Å². The van der Waals surface area contributed by atoms with Crippen molar-refractivity contribution < 1.29 is 9.90 Å². The minimum atomic E-state index is -0.607. The predicted octanol–water partition coefficient (Wildman–Crippen LogP) is 3.56. The van der Waals surface area contributed by atoms with Gasteiger partial charge in [0.15, 0.2) is 0 Å². The van der Waals surface area contributed by atoms with Gasteiger partial charge in [0.25, 0.3) is 0 Å². The summed E-state index contributed by atoms with van der Waals surface area (Å²) >= 11 is 0. The highest BCUT2D eigenvalue weighted by atomic mass is 16.3. The summed E-state index contributed by atoms with van der Waals surface area (Å²) in [7, 11) is 0. The normalized spacial score (nSPS) is 34.1. The Bertz CT molecular complexity index is 664. The molecule has 3 heteroatoms. The molecule has 1 amide bonds. The Morgan fingerprint density at radius 2 is 1.92 bits per heavy atom. The molecule has 1 spiro atoms. The number of amides is 1. The Hall–Kier alpha value is -1.35. The van der Waals surface area contributed by atoms with Gasteiger partial charge in [0.05, 0.1) is 5.60 Å². The number of carbonyl (C=O) groups excluding carboxylic acids is 1. The second kappa shape index (κ2) is 5.32. The van der Waals surface area contributed by atoms with E-state index in [0.717, 1.165) is 13.1 Å². The maximum absolute atomic E-state index is 12.5. The molecule has 3 aliphatic rings. The zero-order chi connectivity index (χ0) is 17.1. The van der Waals surface area contributed by atoms with Gasteiger partial charge in [-0.3, -0.25) is 4.79 Å². The lowest BCUT2D eigenvalue weighted by Gasteiger charge is -2.52. The van der Waals surface area contributed by atoms with Gasteiger partial charge >= 0.3 is 0 Å². The summed E-state index contributed by atoms with van der Waals surface area (Å²) in [6.45, 7) is 8.09. The van der Waals surface area contributed by atoms with Crippen LogP contribution < -0.4 is 0 Å². The van der Waals surface area contributed by atoms with Crippen molar-refractivity contribution in [2.75, 3.05) is 13.1 Å². The highest BCUT2D eigenvalue weighted by molar-refractivity contribution is 5.81. The van der Waals surface area contributed by atoms with Crippen LogP contribution >= 0.6 is 0 Å². The first kappa shape index (κ1) is 16.1. The Labute approximate surface area is 145 Å². The van der Waals surface area contributed by atoms with Crippen LogP contribution in [0.3, 0.4) is 0 Å². The number of hydrogen-bond donors (Lipinski definition) is 1. The second-order valence-electron chi connectivity index (χ2n) is 9.10. The fourth-order valence-corrected chi connectivity index (χ4v) is 5.40. The highest BCUT2D eigenvalue weighted by Crippen LogP contribution is 2.53. The molecule has 3 nitrogen and oxygen atoms in total. The van der Waals surface area contributed by atoms with Crippen molar-refractivity contribution in [2.45, 2.75) is 64.4 Å². The summed E-state index contributed by atoms with van der Waals surface area (Å²) in [5.41, 5.74) is 4.02. The first-order valence-corrected chi connectivity index (χ1v) is 9.35. The Balaban J connectivity index is 1.36. The Kier molecular flexibility index (Phi) is 3.58. The number of nitrogens with zero attached hydrogens (tertiary/aromatic N) is 1. The summed E-state index contributed by atoms with van der Waals surface area (Å²) in [6, 6.07) is 6.83. The number of rotatable bonds is 2. The molecule has 2 aliphatic carbocycles. The third-order valence-corrected chi connectivity index (χ3v) is 6.65. The number of aryl methyl sites for hydroxylation is 2. The molecule has 2 saturated carbocycles. The van der Waals surface area contributed by atoms with Crippen LogP contribution in [-0.4, -0.2) is 34.6 Å². The quantitative estimate of drug-likeness (QED) is 0.902. The van der Waals surface area contributed by atoms with Gasteiger partial charge in [0, 0.05) is 24.4 Å². The molecular weight excluding hydrogens is 298 g/mol. The standard InChI is InChI=1S/C21H29NO2/c1-14-4-5-18(15(2)8-14)16-6-7-21(11-16)12-22(13-21)19(23)17-9-20(3,24)10-17/h4-5,8,16-17,24H,6-7,9-13H2,1-3H3/t16?,17-,20+. The molecule has 1 aromatic carbocycles. The van der Waals surface area contributed by atoms with Crippen LogP contribution in [0.25, 0.3) is 0 Å². The van der Waals surface area contributed by atoms with E-state index in [2.05, 4.69) is 32.0 Å². The molecular formula is C21H29NO2. The van der Waals surface area contributed by atoms with E-state index in [0.29, 0.717) is 24.2 Å². The molecule has 3 fully saturated rings. The largest absolute Gasteiger partial charge is 0.390 e. The molecule has 4 rings (SSSR count). The summed E-state index contributed by atoms with van der Waals surface area (Å²) in [5.74, 6) is 1.00. The molecule has 1 saturated heterocycles. The smallest absolute Gasteiger partial charge is 0.225 e. The molecule has 24 heavy (non-hydrogen) atoms. The van der Waals surface area contributed by atoms with Gasteiger partial charge in [0.2, 0.25) is 5.91 Å². The van der Waals surface area contributed by atoms with Crippen LogP contribution in [-0.2, 0) is 4.79 Å². The second-order valence-corrected chi connectivity index (χ2v) is 9.10. The lowest BCUT2D eigenvalue weighted by Crippen LogP contribution is -2.61. The lowest BCUT2D eigenvalue weighted by molar-refractivity contribution is -0.161. The summed E-state index contributed by atoms with van der Waals surface area (Å²) in [6.07, 6.45) is 5.01. The van der Waals surface area contributed by atoms with Gasteiger partial charge in [0.1, 0.15) is 0 Å². The zero-order valence-corrected chi connectivity index (χ0v) is 15.1. The molecule has 1 unspecified atom stereocenters. The molecule has 0 bridgehead atoms. The summed E-state index contributed by atoms with van der Waals surface area (Å²) in [5, 5.41) is 9.85. The molecule has 1 heterocycles. The van der Waals surface area contributed by atoms with Gasteiger partial charge in [-0.1, -0.05) is 23.8 Å². The van der Waals surface area contributed by atoms with E-state index in [4.69, 9.17) is 0 Å². The molecule has 1 N–H and O–H groups in total. The van der Waals surface area contributed by atoms with Crippen LogP contribution in [0.4, 0.5) is 0 Å². The SMILES string of the molecule is Cc1ccc(C2CCC3(C2)CN(C(=O)[C@H]2C[C@@](C)(O)C2)C3)c(C)c1. The first-order valence-electron chi connectivity index (χ1n) is 9.35. The fraction of sp³-hybridized carbons (Fsp3) is 0.667. The van der Waals surface area contributed by atoms with Crippen molar-refractivity contribution in [3.05, 3.63) is 34.9 Å². The maximum Gasteiger partial charge on any atom is 0.225 e. The maximum atomic E-state index is 12.5. The van der Waals surface area contributed by atoms with Crippen LogP contribution in [0.15, 0.2) is 18.2 Å². The van der Waals surface area contributed by atoms with Crippen molar-refractivity contribution in [1.82, 2.24) is 4.90 Å². The molecule has 130 valence electrons. The van der Waals surface area contributed by atoms with E-state index in [-0.39, 0.29) is 11.8 Å². The van der Waals surface area contributed by atoms with E-state index >= 15 is 0 Å². The van der Waals surface area contributed by atoms with E-state index in [1.54, 1.807) is 0 Å². The number of carbonyl (C=O) groups is 1. The monoisotopic (exact) mass is 327 g/mol. The van der Waals surface area contributed by atoms with Crippen molar-refractivity contribution >= 4 is 5.91 Å². The summed E-state index contributed by atoms with van der Waals surface area (Å²) in [4.78, 5) is 14.5. The van der Waals surface area contributed by atoms with Crippen LogP contribution in [0.5, 0.6) is 0 Å². The molecule has 1 aromatic rings. The van der Waals surface area contributed by atoms with E-state index < -0.39 is 5.60 Å². The molecule has 1 atom stereocenters. The van der Waals surface area contributed by atoms with E-state index in [1.165, 1.54) is 36.0 Å². The van der Waals surface area contributed by atoms with E-state index in [1.807, 2.05) is 11.8 Å². The minimum absolute atomic E-state index is 0.0638. The lowest BCUT2D eigenvalue weighted by atomic mass is 9.69. The van der Waals surface area contributed by atoms with Crippen molar-refractivity contribution in [2.24, 2.45) is 11.3 Å². The summed E-state index contributed by atoms with van der Waals surface area (Å²) < 4.78 is 0. The van der Waals surface area contributed by atoms with Crippen LogP contribution in [0.2, 0.25) is 0 Å². The topological polar surface area (TPSA) is 40.5 Å².